The van der Waals surface area contributed by atoms with Crippen LogP contribution in [0, 0.1) is 17.8 Å². The summed E-state index contributed by atoms with van der Waals surface area (Å²) in [4.78, 5) is 0. The van der Waals surface area contributed by atoms with Crippen molar-refractivity contribution >= 4 is 9.24 Å². The molecule has 0 aromatic rings. The maximum Gasteiger partial charge on any atom is -0.0143 e. The SMILES string of the molecule is CC(C)CC(P)(CC(C)C)CC(C)C. The quantitative estimate of drug-likeness (QED) is 0.563. The average Bonchev–Trinajstić information content (AvgIpc) is 1.76. The standard InChI is InChI=1S/C13H29P/c1-10(2)7-13(14,8-11(3)4)9-12(5)6/h10-12H,7-9,14H2,1-6H3. The van der Waals surface area contributed by atoms with Crippen molar-refractivity contribution in [2.75, 3.05) is 0 Å². The van der Waals surface area contributed by atoms with Crippen molar-refractivity contribution in [3.05, 3.63) is 0 Å². The second kappa shape index (κ2) is 6.11. The molecule has 0 aliphatic rings. The Bertz CT molecular complexity index is 121. The van der Waals surface area contributed by atoms with Gasteiger partial charge in [-0.15, -0.1) is 9.24 Å². The van der Waals surface area contributed by atoms with Gasteiger partial charge in [0.15, 0.2) is 0 Å². The van der Waals surface area contributed by atoms with Crippen molar-refractivity contribution in [1.82, 2.24) is 0 Å². The van der Waals surface area contributed by atoms with Crippen molar-refractivity contribution in [2.45, 2.75) is 66.0 Å². The van der Waals surface area contributed by atoms with Gasteiger partial charge in [0.25, 0.3) is 0 Å². The highest BCUT2D eigenvalue weighted by Crippen LogP contribution is 2.39. The predicted octanol–water partition coefficient (Wildman–Crippen LogP) is 4.74. The highest BCUT2D eigenvalue weighted by atomic mass is 31.0. The number of hydrogen-bond donors (Lipinski definition) is 0. The van der Waals surface area contributed by atoms with Crippen LogP contribution in [0.15, 0.2) is 0 Å². The first-order valence-electron chi connectivity index (χ1n) is 6.04. The second-order valence-corrected chi connectivity index (χ2v) is 7.38. The van der Waals surface area contributed by atoms with Crippen LogP contribution in [0.2, 0.25) is 0 Å². The van der Waals surface area contributed by atoms with Gasteiger partial charge >= 0.3 is 0 Å². The van der Waals surface area contributed by atoms with E-state index >= 15 is 0 Å². The third-order valence-corrected chi connectivity index (χ3v) is 3.15. The van der Waals surface area contributed by atoms with Crippen molar-refractivity contribution in [3.8, 4) is 0 Å². The van der Waals surface area contributed by atoms with Gasteiger partial charge in [0.1, 0.15) is 0 Å². The van der Waals surface area contributed by atoms with Crippen LogP contribution in [0.5, 0.6) is 0 Å². The Morgan fingerprint density at radius 1 is 0.714 bits per heavy atom. The summed E-state index contributed by atoms with van der Waals surface area (Å²) < 4.78 is 0. The van der Waals surface area contributed by atoms with Crippen LogP contribution in [-0.4, -0.2) is 5.16 Å². The maximum absolute atomic E-state index is 3.15. The molecule has 1 atom stereocenters. The number of hydrogen-bond acceptors (Lipinski definition) is 0. The van der Waals surface area contributed by atoms with Gasteiger partial charge in [-0.25, -0.2) is 0 Å². The van der Waals surface area contributed by atoms with E-state index in [9.17, 15) is 0 Å². The van der Waals surface area contributed by atoms with Crippen molar-refractivity contribution < 1.29 is 0 Å². The van der Waals surface area contributed by atoms with Gasteiger partial charge in [-0.2, -0.15) is 0 Å². The lowest BCUT2D eigenvalue weighted by molar-refractivity contribution is 0.329. The minimum Gasteiger partial charge on any atom is -0.131 e. The van der Waals surface area contributed by atoms with Crippen molar-refractivity contribution in [3.63, 3.8) is 0 Å². The minimum atomic E-state index is 0.483. The average molecular weight is 216 g/mol. The molecule has 0 aromatic carbocycles. The molecular weight excluding hydrogens is 187 g/mol. The van der Waals surface area contributed by atoms with Gasteiger partial charge in [0.05, 0.1) is 0 Å². The van der Waals surface area contributed by atoms with Crippen LogP contribution in [0.25, 0.3) is 0 Å². The molecule has 0 aliphatic carbocycles. The first-order valence-corrected chi connectivity index (χ1v) is 6.62. The summed E-state index contributed by atoms with van der Waals surface area (Å²) in [6, 6.07) is 0. The molecule has 0 rings (SSSR count). The second-order valence-electron chi connectivity index (χ2n) is 6.16. The van der Waals surface area contributed by atoms with E-state index < -0.39 is 0 Å². The molecule has 14 heavy (non-hydrogen) atoms. The Kier molecular flexibility index (Phi) is 6.30. The zero-order valence-electron chi connectivity index (χ0n) is 10.9. The third-order valence-electron chi connectivity index (χ3n) is 2.44. The molecule has 0 spiro atoms. The van der Waals surface area contributed by atoms with E-state index in [1.54, 1.807) is 0 Å². The molecular formula is C13H29P. The van der Waals surface area contributed by atoms with E-state index in [2.05, 4.69) is 50.8 Å². The van der Waals surface area contributed by atoms with Gasteiger partial charge in [-0.1, -0.05) is 41.5 Å². The van der Waals surface area contributed by atoms with Crippen LogP contribution < -0.4 is 0 Å². The normalized spacial score (nSPS) is 13.3. The lowest BCUT2D eigenvalue weighted by Gasteiger charge is -2.34. The molecule has 0 bridgehead atoms. The van der Waals surface area contributed by atoms with Crippen molar-refractivity contribution in [2.24, 2.45) is 17.8 Å². The summed E-state index contributed by atoms with van der Waals surface area (Å²) in [5.41, 5.74) is 0. The van der Waals surface area contributed by atoms with E-state index in [0.29, 0.717) is 5.16 Å². The minimum absolute atomic E-state index is 0.483. The summed E-state index contributed by atoms with van der Waals surface area (Å²) in [7, 11) is 3.15. The van der Waals surface area contributed by atoms with Crippen LogP contribution in [0.4, 0.5) is 0 Å². The molecule has 0 nitrogen and oxygen atoms in total. The summed E-state index contributed by atoms with van der Waals surface area (Å²) in [6.07, 6.45) is 4.02. The predicted molar refractivity (Wildman–Crippen MR) is 70.8 cm³/mol. The lowest BCUT2D eigenvalue weighted by atomic mass is 9.83. The first-order chi connectivity index (χ1) is 6.25. The lowest BCUT2D eigenvalue weighted by Crippen LogP contribution is -2.27. The van der Waals surface area contributed by atoms with E-state index in [4.69, 9.17) is 0 Å². The monoisotopic (exact) mass is 216 g/mol. The molecule has 0 radical (unpaired) electrons. The van der Waals surface area contributed by atoms with Crippen molar-refractivity contribution in [1.29, 1.82) is 0 Å². The van der Waals surface area contributed by atoms with Gasteiger partial charge in [0.2, 0.25) is 0 Å². The zero-order chi connectivity index (χ0) is 11.4. The fourth-order valence-corrected chi connectivity index (χ4v) is 4.10. The highest BCUT2D eigenvalue weighted by molar-refractivity contribution is 7.19. The Morgan fingerprint density at radius 2 is 0.929 bits per heavy atom. The van der Waals surface area contributed by atoms with Crippen LogP contribution >= 0.6 is 9.24 Å². The van der Waals surface area contributed by atoms with Crippen LogP contribution in [-0.2, 0) is 0 Å². The Hall–Kier alpha value is 0.430. The third kappa shape index (κ3) is 6.82. The zero-order valence-corrected chi connectivity index (χ0v) is 12.1. The van der Waals surface area contributed by atoms with Gasteiger partial charge in [-0.3, -0.25) is 0 Å². The number of rotatable bonds is 6. The largest absolute Gasteiger partial charge is 0.131 e. The molecule has 0 heterocycles. The summed E-state index contributed by atoms with van der Waals surface area (Å²) in [5.74, 6) is 2.43. The molecule has 0 saturated heterocycles. The fourth-order valence-electron chi connectivity index (χ4n) is 2.69. The molecule has 0 N–H and O–H groups in total. The molecule has 1 heteroatoms. The van der Waals surface area contributed by atoms with E-state index in [1.807, 2.05) is 0 Å². The summed E-state index contributed by atoms with van der Waals surface area (Å²) in [6.45, 7) is 14.0. The Morgan fingerprint density at radius 3 is 1.07 bits per heavy atom. The summed E-state index contributed by atoms with van der Waals surface area (Å²) >= 11 is 0. The molecule has 0 aromatic heterocycles. The highest BCUT2D eigenvalue weighted by Gasteiger charge is 2.27. The Balaban J connectivity index is 4.32. The van der Waals surface area contributed by atoms with Gasteiger partial charge in [0, 0.05) is 0 Å². The summed E-state index contributed by atoms with van der Waals surface area (Å²) in [5, 5.41) is 0.483. The van der Waals surface area contributed by atoms with Crippen LogP contribution in [0.3, 0.4) is 0 Å². The topological polar surface area (TPSA) is 0 Å². The first kappa shape index (κ1) is 14.4. The van der Waals surface area contributed by atoms with E-state index in [-0.39, 0.29) is 0 Å². The maximum atomic E-state index is 3.15. The molecule has 0 amide bonds. The van der Waals surface area contributed by atoms with Gasteiger partial charge < -0.3 is 0 Å². The van der Waals surface area contributed by atoms with Gasteiger partial charge in [-0.05, 0) is 42.2 Å². The molecule has 0 saturated carbocycles. The van der Waals surface area contributed by atoms with Crippen LogP contribution in [0.1, 0.15) is 60.8 Å². The molecule has 1 unspecified atom stereocenters. The molecule has 0 aliphatic heterocycles. The molecule has 86 valence electrons. The van der Waals surface area contributed by atoms with E-state index in [0.717, 1.165) is 17.8 Å². The smallest absolute Gasteiger partial charge is 0.0143 e. The Labute approximate surface area is 93.4 Å². The van der Waals surface area contributed by atoms with E-state index in [1.165, 1.54) is 19.3 Å². The fraction of sp³-hybridized carbons (Fsp3) is 1.00. The molecule has 0 fully saturated rings.